The molecule has 1 amide bonds. The minimum absolute atomic E-state index is 0. The Kier molecular flexibility index (Phi) is 9.03. The fraction of sp³-hybridized carbons (Fsp3) is 0.529. The summed E-state index contributed by atoms with van der Waals surface area (Å²) < 4.78 is 10.4. The summed E-state index contributed by atoms with van der Waals surface area (Å²) in [6.07, 6.45) is -0.484. The number of nitrogens with one attached hydrogen (secondary N) is 2. The van der Waals surface area contributed by atoms with Crippen LogP contribution in [0.1, 0.15) is 34.6 Å². The number of ether oxygens (including phenoxy) is 2. The Labute approximate surface area is 166 Å². The number of anilines is 1. The molecule has 1 aromatic rings. The minimum Gasteiger partial charge on any atom is -0.497 e. The molecule has 0 heterocycles. The number of alkyl carbamates (subject to hydrolysis) is 1. The van der Waals surface area contributed by atoms with Gasteiger partial charge in [-0.2, -0.15) is 0 Å². The molecule has 0 saturated heterocycles. The average molecular weight is 464 g/mol. The van der Waals surface area contributed by atoms with Crippen LogP contribution in [0.2, 0.25) is 0 Å². The van der Waals surface area contributed by atoms with Crippen LogP contribution in [0.15, 0.2) is 29.3 Å². The zero-order valence-corrected chi connectivity index (χ0v) is 18.0. The second-order valence-electron chi connectivity index (χ2n) is 7.07. The first kappa shape index (κ1) is 23.3. The van der Waals surface area contributed by atoms with Gasteiger partial charge >= 0.3 is 6.09 Å². The molecule has 0 aliphatic rings. The highest BCUT2D eigenvalue weighted by molar-refractivity contribution is 14.0. The molecule has 8 heteroatoms. The van der Waals surface area contributed by atoms with Crippen LogP contribution in [-0.2, 0) is 4.74 Å². The summed E-state index contributed by atoms with van der Waals surface area (Å²) in [6.45, 7) is 9.43. The van der Waals surface area contributed by atoms with Gasteiger partial charge in [0.1, 0.15) is 11.4 Å². The molecule has 0 bridgehead atoms. The molecular formula is C17H29IN4O3. The van der Waals surface area contributed by atoms with Crippen molar-refractivity contribution in [3.8, 4) is 5.75 Å². The molecule has 0 unspecified atom stereocenters. The van der Waals surface area contributed by atoms with E-state index >= 15 is 0 Å². The summed E-state index contributed by atoms with van der Waals surface area (Å²) in [5, 5.41) is 5.76. The standard InChI is InChI=1S/C17H28N4O3.HI/c1-16(2,3)24-15(22)21-17(4,5)11-19-14(18)20-12-8-7-9-13(10-12)23-6;/h7-10H,11H2,1-6H3,(H,21,22)(H3,18,19,20);1H. The van der Waals surface area contributed by atoms with E-state index in [0.717, 1.165) is 11.4 Å². The van der Waals surface area contributed by atoms with Crippen LogP contribution in [0.3, 0.4) is 0 Å². The second kappa shape index (κ2) is 9.69. The maximum absolute atomic E-state index is 11.8. The van der Waals surface area contributed by atoms with Gasteiger partial charge in [-0.1, -0.05) is 6.07 Å². The van der Waals surface area contributed by atoms with Gasteiger partial charge < -0.3 is 25.8 Å². The van der Waals surface area contributed by atoms with E-state index in [9.17, 15) is 4.79 Å². The third kappa shape index (κ3) is 10.0. The summed E-state index contributed by atoms with van der Waals surface area (Å²) in [7, 11) is 1.60. The predicted molar refractivity (Wildman–Crippen MR) is 112 cm³/mol. The topological polar surface area (TPSA) is 98.0 Å². The van der Waals surface area contributed by atoms with E-state index in [2.05, 4.69) is 15.6 Å². The number of benzene rings is 1. The molecule has 25 heavy (non-hydrogen) atoms. The fourth-order valence-corrected chi connectivity index (χ4v) is 1.79. The molecule has 0 saturated carbocycles. The first-order valence-corrected chi connectivity index (χ1v) is 7.73. The minimum atomic E-state index is -0.594. The number of carbonyl (C=O) groups is 1. The summed E-state index contributed by atoms with van der Waals surface area (Å²) in [4.78, 5) is 16.1. The van der Waals surface area contributed by atoms with E-state index in [1.165, 1.54) is 0 Å². The maximum Gasteiger partial charge on any atom is 0.408 e. The second-order valence-corrected chi connectivity index (χ2v) is 7.07. The number of guanidine groups is 1. The Morgan fingerprint density at radius 2 is 1.88 bits per heavy atom. The largest absolute Gasteiger partial charge is 0.497 e. The molecule has 142 valence electrons. The molecular weight excluding hydrogens is 435 g/mol. The van der Waals surface area contributed by atoms with Crippen LogP contribution < -0.4 is 21.1 Å². The molecule has 1 aromatic carbocycles. The van der Waals surface area contributed by atoms with Crippen LogP contribution in [0.4, 0.5) is 10.5 Å². The van der Waals surface area contributed by atoms with Gasteiger partial charge in [0.05, 0.1) is 19.2 Å². The van der Waals surface area contributed by atoms with Crippen molar-refractivity contribution in [1.29, 1.82) is 0 Å². The van der Waals surface area contributed by atoms with Crippen molar-refractivity contribution < 1.29 is 14.3 Å². The lowest BCUT2D eigenvalue weighted by molar-refractivity contribution is 0.0476. The summed E-state index contributed by atoms with van der Waals surface area (Å²) in [5.74, 6) is 0.974. The highest BCUT2D eigenvalue weighted by Crippen LogP contribution is 2.16. The SMILES string of the molecule is COc1cccc(NC(N)=NCC(C)(C)NC(=O)OC(C)(C)C)c1.I. The van der Waals surface area contributed by atoms with Gasteiger partial charge in [-0.05, 0) is 46.8 Å². The highest BCUT2D eigenvalue weighted by atomic mass is 127. The van der Waals surface area contributed by atoms with Crippen molar-refractivity contribution in [2.45, 2.75) is 45.8 Å². The van der Waals surface area contributed by atoms with Gasteiger partial charge in [0.15, 0.2) is 5.96 Å². The van der Waals surface area contributed by atoms with E-state index in [1.54, 1.807) is 7.11 Å². The summed E-state index contributed by atoms with van der Waals surface area (Å²) in [6, 6.07) is 7.36. The van der Waals surface area contributed by atoms with E-state index in [1.807, 2.05) is 58.9 Å². The molecule has 0 aliphatic heterocycles. The molecule has 0 aromatic heterocycles. The monoisotopic (exact) mass is 464 g/mol. The van der Waals surface area contributed by atoms with Crippen LogP contribution >= 0.6 is 24.0 Å². The number of rotatable bonds is 5. The van der Waals surface area contributed by atoms with E-state index in [4.69, 9.17) is 15.2 Å². The van der Waals surface area contributed by atoms with E-state index < -0.39 is 17.2 Å². The number of nitrogens with zero attached hydrogens (tertiary/aromatic N) is 1. The number of nitrogens with two attached hydrogens (primary N) is 1. The lowest BCUT2D eigenvalue weighted by Crippen LogP contribution is -2.48. The smallest absolute Gasteiger partial charge is 0.408 e. The molecule has 0 fully saturated rings. The van der Waals surface area contributed by atoms with Gasteiger partial charge in [0, 0.05) is 11.8 Å². The number of amides is 1. The van der Waals surface area contributed by atoms with E-state index in [0.29, 0.717) is 6.54 Å². The van der Waals surface area contributed by atoms with Crippen LogP contribution in [-0.4, -0.2) is 36.8 Å². The van der Waals surface area contributed by atoms with Crippen LogP contribution in [0.25, 0.3) is 0 Å². The first-order valence-electron chi connectivity index (χ1n) is 7.73. The molecule has 0 aliphatic carbocycles. The molecule has 0 atom stereocenters. The fourth-order valence-electron chi connectivity index (χ4n) is 1.79. The Morgan fingerprint density at radius 3 is 2.44 bits per heavy atom. The van der Waals surface area contributed by atoms with Gasteiger partial charge in [0.25, 0.3) is 0 Å². The Morgan fingerprint density at radius 1 is 1.24 bits per heavy atom. The highest BCUT2D eigenvalue weighted by Gasteiger charge is 2.24. The predicted octanol–water partition coefficient (Wildman–Crippen LogP) is 3.34. The summed E-state index contributed by atoms with van der Waals surface area (Å²) in [5.41, 5.74) is 5.52. The van der Waals surface area contributed by atoms with Crippen molar-refractivity contribution in [2.24, 2.45) is 10.7 Å². The van der Waals surface area contributed by atoms with Crippen molar-refractivity contribution in [3.63, 3.8) is 0 Å². The lowest BCUT2D eigenvalue weighted by atomic mass is 10.1. The quantitative estimate of drug-likeness (QED) is 0.353. The Balaban J connectivity index is 0.00000576. The number of halogens is 1. The molecule has 4 N–H and O–H groups in total. The number of methoxy groups -OCH3 is 1. The Bertz CT molecular complexity index is 598. The van der Waals surface area contributed by atoms with Gasteiger partial charge in [0.2, 0.25) is 0 Å². The van der Waals surface area contributed by atoms with Gasteiger partial charge in [-0.3, -0.25) is 4.99 Å². The Hall–Kier alpha value is -1.71. The zero-order valence-electron chi connectivity index (χ0n) is 15.7. The van der Waals surface area contributed by atoms with Crippen LogP contribution in [0.5, 0.6) is 5.75 Å². The molecule has 0 spiro atoms. The van der Waals surface area contributed by atoms with Crippen LogP contribution in [0, 0.1) is 0 Å². The van der Waals surface area contributed by atoms with Crippen molar-refractivity contribution >= 4 is 41.7 Å². The number of carbonyl (C=O) groups excluding carboxylic acids is 1. The number of hydrogen-bond donors (Lipinski definition) is 3. The van der Waals surface area contributed by atoms with Crippen molar-refractivity contribution in [1.82, 2.24) is 5.32 Å². The average Bonchev–Trinajstić information content (AvgIpc) is 2.43. The third-order valence-corrected chi connectivity index (χ3v) is 2.83. The number of hydrogen-bond acceptors (Lipinski definition) is 4. The van der Waals surface area contributed by atoms with E-state index in [-0.39, 0.29) is 29.9 Å². The molecule has 0 radical (unpaired) electrons. The molecule has 7 nitrogen and oxygen atoms in total. The summed E-state index contributed by atoms with van der Waals surface area (Å²) >= 11 is 0. The molecule has 1 rings (SSSR count). The van der Waals surface area contributed by atoms with Crippen molar-refractivity contribution in [3.05, 3.63) is 24.3 Å². The maximum atomic E-state index is 11.8. The van der Waals surface area contributed by atoms with Gasteiger partial charge in [-0.15, -0.1) is 24.0 Å². The lowest BCUT2D eigenvalue weighted by Gasteiger charge is -2.27. The third-order valence-electron chi connectivity index (χ3n) is 2.83. The van der Waals surface area contributed by atoms with Gasteiger partial charge in [-0.25, -0.2) is 4.79 Å². The van der Waals surface area contributed by atoms with Crippen molar-refractivity contribution in [2.75, 3.05) is 19.0 Å². The zero-order chi connectivity index (χ0) is 18.4. The normalized spacial score (nSPS) is 12.0. The number of aliphatic imine (C=N–C) groups is 1. The first-order chi connectivity index (χ1) is 11.0.